The number of benzene rings is 2. The molecule has 0 aliphatic heterocycles. The number of hydrogen-bond acceptors (Lipinski definition) is 3. The largest absolute Gasteiger partial charge is 0.584 e. The van der Waals surface area contributed by atoms with E-state index in [4.69, 9.17) is 9.05 Å². The van der Waals surface area contributed by atoms with Crippen molar-refractivity contribution in [1.82, 2.24) is 0 Å². The highest BCUT2D eigenvalue weighted by Gasteiger charge is 2.25. The second kappa shape index (κ2) is 14.5. The van der Waals surface area contributed by atoms with Gasteiger partial charge in [-0.3, -0.25) is 4.89 Å². The number of rotatable bonds is 17. The van der Waals surface area contributed by atoms with Crippen molar-refractivity contribution in [2.24, 2.45) is 0 Å². The second-order valence-corrected chi connectivity index (χ2v) is 10.9. The maximum absolute atomic E-state index is 12.2. The maximum atomic E-state index is 12.2. The summed E-state index contributed by atoms with van der Waals surface area (Å²) in [5.41, 5.74) is 1.18. The van der Waals surface area contributed by atoms with E-state index in [0.717, 1.165) is 17.6 Å². The molecule has 5 nitrogen and oxygen atoms in total. The van der Waals surface area contributed by atoms with Gasteiger partial charge < -0.3 is 13.5 Å². The van der Waals surface area contributed by atoms with Crippen molar-refractivity contribution >= 4 is 7.82 Å². The molecule has 0 spiro atoms. The maximum Gasteiger partial charge on any atom is 0.584 e. The van der Waals surface area contributed by atoms with E-state index in [2.05, 4.69) is 21.0 Å². The molecule has 2 rings (SSSR count). The smallest absolute Gasteiger partial charge is 0.395 e. The van der Waals surface area contributed by atoms with Crippen molar-refractivity contribution in [3.05, 3.63) is 60.2 Å². The lowest BCUT2D eigenvalue weighted by Crippen LogP contribution is -2.39. The molecule has 0 aliphatic rings. The van der Waals surface area contributed by atoms with Gasteiger partial charge in [0.2, 0.25) is 0 Å². The van der Waals surface area contributed by atoms with Gasteiger partial charge in [0, 0.05) is 5.56 Å². The topological polar surface area (TPSA) is 55.8 Å². The Morgan fingerprint density at radius 2 is 1.21 bits per heavy atom. The minimum absolute atomic E-state index is 0.297. The average Bonchev–Trinajstić information content (AvgIpc) is 2.76. The monoisotopic (exact) mass is 476 g/mol. The van der Waals surface area contributed by atoms with Crippen molar-refractivity contribution in [2.75, 3.05) is 20.6 Å². The Bertz CT molecular complexity index is 824. The van der Waals surface area contributed by atoms with Crippen LogP contribution in [0.2, 0.25) is 0 Å². The molecule has 6 heteroatoms. The van der Waals surface area contributed by atoms with Gasteiger partial charge in [0.25, 0.3) is 0 Å². The van der Waals surface area contributed by atoms with Gasteiger partial charge in [-0.15, -0.1) is 0 Å². The summed E-state index contributed by atoms with van der Waals surface area (Å²) < 4.78 is 23.5. The average molecular weight is 477 g/mol. The summed E-state index contributed by atoms with van der Waals surface area (Å²) >= 11 is 0. The van der Waals surface area contributed by atoms with Crippen LogP contribution < -0.4 is 9.05 Å². The minimum Gasteiger partial charge on any atom is -0.395 e. The van der Waals surface area contributed by atoms with E-state index < -0.39 is 7.82 Å². The molecule has 1 atom stereocenters. The number of phosphoric ester groups is 1. The second-order valence-electron chi connectivity index (χ2n) is 9.61. The van der Waals surface area contributed by atoms with E-state index in [1.165, 1.54) is 69.8 Å². The number of phosphoric acid groups is 1. The summed E-state index contributed by atoms with van der Waals surface area (Å²) in [6, 6.07) is 15.9. The Labute approximate surface area is 201 Å². The summed E-state index contributed by atoms with van der Waals surface area (Å²) in [5, 5.41) is 0. The van der Waals surface area contributed by atoms with Crippen LogP contribution in [-0.4, -0.2) is 30.0 Å². The third-order valence-electron chi connectivity index (χ3n) is 5.84. The summed E-state index contributed by atoms with van der Waals surface area (Å²) in [5.74, 6) is 0.617. The van der Waals surface area contributed by atoms with Crippen molar-refractivity contribution in [3.8, 4) is 11.5 Å². The molecule has 0 saturated heterocycles. The number of quaternary nitrogens is 1. The van der Waals surface area contributed by atoms with Gasteiger partial charge in [0.05, 0.1) is 20.6 Å². The fraction of sp³-hybridized carbons (Fsp3) is 0.556. The zero-order valence-electron chi connectivity index (χ0n) is 20.7. The van der Waals surface area contributed by atoms with Gasteiger partial charge in [-0.25, -0.2) is 4.57 Å². The molecule has 1 unspecified atom stereocenters. The van der Waals surface area contributed by atoms with Crippen LogP contribution in [0.3, 0.4) is 0 Å². The molecule has 0 bridgehead atoms. The standard InChI is InChI=1S/C27H42NO4P/c1-4-5-6-7-8-9-10-11-12-16-23-28(2,3)24-25-19-21-27(22-20-25)32-33(29,30)31-26-17-14-13-15-18-26/h13-15,17-22H,4-12,16,23-24H2,1-3H3/p+1. The van der Waals surface area contributed by atoms with Crippen LogP contribution in [0, 0.1) is 0 Å². The Balaban J connectivity index is 1.67. The summed E-state index contributed by atoms with van der Waals surface area (Å²) in [7, 11) is 0.285. The molecule has 0 amide bonds. The van der Waals surface area contributed by atoms with E-state index in [9.17, 15) is 9.46 Å². The lowest BCUT2D eigenvalue weighted by Gasteiger charge is -2.30. The Hall–Kier alpha value is -1.81. The Morgan fingerprint density at radius 1 is 0.727 bits per heavy atom. The first-order chi connectivity index (χ1) is 15.8. The van der Waals surface area contributed by atoms with E-state index in [-0.39, 0.29) is 0 Å². The Morgan fingerprint density at radius 3 is 1.76 bits per heavy atom. The van der Waals surface area contributed by atoms with Gasteiger partial charge in [0.1, 0.15) is 18.0 Å². The molecule has 184 valence electrons. The lowest BCUT2D eigenvalue weighted by atomic mass is 10.1. The van der Waals surface area contributed by atoms with Crippen molar-refractivity contribution in [3.63, 3.8) is 0 Å². The molecule has 2 aromatic rings. The molecule has 1 N–H and O–H groups in total. The van der Waals surface area contributed by atoms with E-state index in [1.807, 2.05) is 18.2 Å². The van der Waals surface area contributed by atoms with Crippen LogP contribution in [0.5, 0.6) is 11.5 Å². The molecule has 0 fully saturated rings. The third kappa shape index (κ3) is 12.3. The molecule has 0 heterocycles. The van der Waals surface area contributed by atoms with Crippen LogP contribution in [0.4, 0.5) is 0 Å². The van der Waals surface area contributed by atoms with Crippen molar-refractivity contribution < 1.29 is 23.0 Å². The molecule has 0 aromatic heterocycles. The van der Waals surface area contributed by atoms with Crippen molar-refractivity contribution in [2.45, 2.75) is 77.7 Å². The minimum atomic E-state index is -4.23. The van der Waals surface area contributed by atoms with E-state index >= 15 is 0 Å². The van der Waals surface area contributed by atoms with Crippen LogP contribution in [-0.2, 0) is 11.1 Å². The highest BCUT2D eigenvalue weighted by molar-refractivity contribution is 7.48. The molecule has 0 aliphatic carbocycles. The zero-order valence-corrected chi connectivity index (χ0v) is 21.6. The van der Waals surface area contributed by atoms with Crippen LogP contribution >= 0.6 is 7.82 Å². The van der Waals surface area contributed by atoms with Gasteiger partial charge in [-0.05, 0) is 49.2 Å². The summed E-state index contributed by atoms with van der Waals surface area (Å²) in [6.07, 6.45) is 13.5. The van der Waals surface area contributed by atoms with Crippen LogP contribution in [0.25, 0.3) is 0 Å². The van der Waals surface area contributed by atoms with Crippen LogP contribution in [0.1, 0.15) is 76.7 Å². The van der Waals surface area contributed by atoms with Gasteiger partial charge >= 0.3 is 7.82 Å². The van der Waals surface area contributed by atoms with Crippen molar-refractivity contribution in [1.29, 1.82) is 0 Å². The molecule has 2 aromatic carbocycles. The molecular weight excluding hydrogens is 433 g/mol. The highest BCUT2D eigenvalue weighted by Crippen LogP contribution is 2.44. The summed E-state index contributed by atoms with van der Waals surface area (Å²) in [6.45, 7) is 4.32. The number of hydrogen-bond donors (Lipinski definition) is 1. The highest BCUT2D eigenvalue weighted by atomic mass is 31.2. The summed E-state index contributed by atoms with van der Waals surface area (Å²) in [4.78, 5) is 10.0. The predicted octanol–water partition coefficient (Wildman–Crippen LogP) is 7.74. The predicted molar refractivity (Wildman–Crippen MR) is 136 cm³/mol. The first-order valence-corrected chi connectivity index (χ1v) is 14.0. The Kier molecular flexibility index (Phi) is 12.0. The fourth-order valence-corrected chi connectivity index (χ4v) is 4.84. The van der Waals surface area contributed by atoms with E-state index in [1.54, 1.807) is 36.4 Å². The first-order valence-electron chi connectivity index (χ1n) is 12.5. The number of nitrogens with zero attached hydrogens (tertiary/aromatic N) is 1. The quantitative estimate of drug-likeness (QED) is 0.144. The zero-order chi connectivity index (χ0) is 24.0. The van der Waals surface area contributed by atoms with Gasteiger partial charge in [0.15, 0.2) is 0 Å². The third-order valence-corrected chi connectivity index (χ3v) is 6.72. The number of para-hydroxylation sites is 1. The normalized spacial score (nSPS) is 13.5. The lowest BCUT2D eigenvalue weighted by molar-refractivity contribution is -0.903. The molecular formula is C27H43NO4P+. The SMILES string of the molecule is CCCCCCCCCCCC[N+](C)(C)Cc1ccc(OP(=O)(O)Oc2ccccc2)cc1. The fourth-order valence-electron chi connectivity index (χ4n) is 4.02. The number of unbranched alkanes of at least 4 members (excludes halogenated alkanes) is 9. The van der Waals surface area contributed by atoms with Gasteiger partial charge in [-0.2, -0.15) is 0 Å². The van der Waals surface area contributed by atoms with Crippen LogP contribution in [0.15, 0.2) is 54.6 Å². The molecule has 0 radical (unpaired) electrons. The van der Waals surface area contributed by atoms with Gasteiger partial charge in [-0.1, -0.05) is 76.5 Å². The first kappa shape index (κ1) is 27.4. The molecule has 33 heavy (non-hydrogen) atoms. The molecule has 0 saturated carbocycles. The van der Waals surface area contributed by atoms with E-state index in [0.29, 0.717) is 11.5 Å².